The van der Waals surface area contributed by atoms with Crippen molar-refractivity contribution in [2.24, 2.45) is 0 Å². The predicted octanol–water partition coefficient (Wildman–Crippen LogP) is 6.59. The summed E-state index contributed by atoms with van der Waals surface area (Å²) in [6.07, 6.45) is 0. The van der Waals surface area contributed by atoms with Crippen molar-refractivity contribution in [3.8, 4) is 11.1 Å². The van der Waals surface area contributed by atoms with Gasteiger partial charge >= 0.3 is 0 Å². The maximum absolute atomic E-state index is 13.7. The smallest absolute Gasteiger partial charge is 0.253 e. The molecule has 1 amide bonds. The van der Waals surface area contributed by atoms with E-state index in [-0.39, 0.29) is 11.9 Å². The van der Waals surface area contributed by atoms with Crippen LogP contribution < -0.4 is 10.2 Å². The molecule has 174 valence electrons. The highest BCUT2D eigenvalue weighted by atomic mass is 35.5. The Kier molecular flexibility index (Phi) is 7.35. The molecule has 0 saturated carbocycles. The Labute approximate surface area is 211 Å². The van der Waals surface area contributed by atoms with E-state index in [1.165, 1.54) is 0 Å². The topological polar surface area (TPSA) is 35.6 Å². The van der Waals surface area contributed by atoms with Gasteiger partial charge in [0.15, 0.2) is 5.11 Å². The van der Waals surface area contributed by atoms with Gasteiger partial charge in [-0.3, -0.25) is 9.69 Å². The van der Waals surface area contributed by atoms with Gasteiger partial charge in [-0.05, 0) is 73.9 Å². The summed E-state index contributed by atoms with van der Waals surface area (Å²) >= 11 is 11.9. The molecule has 0 aromatic heterocycles. The number of thiocarbonyl (C=S) groups is 1. The number of anilines is 1. The van der Waals surface area contributed by atoms with E-state index in [9.17, 15) is 4.79 Å². The SMILES string of the molecule is CCN(CC)C(=O)C1=C(C)N(c2ccc(Cl)cc2)C(=S)N[C@@H]1c1ccc(-c2ccccc2)cc1. The Bertz CT molecular complexity index is 1200. The molecule has 4 nitrogen and oxygen atoms in total. The largest absolute Gasteiger partial charge is 0.351 e. The maximum Gasteiger partial charge on any atom is 0.253 e. The first-order valence-electron chi connectivity index (χ1n) is 11.5. The zero-order valence-corrected chi connectivity index (χ0v) is 21.2. The number of benzene rings is 3. The van der Waals surface area contributed by atoms with Gasteiger partial charge in [-0.1, -0.05) is 66.2 Å². The van der Waals surface area contributed by atoms with E-state index < -0.39 is 0 Å². The lowest BCUT2D eigenvalue weighted by Crippen LogP contribution is -2.50. The first-order valence-corrected chi connectivity index (χ1v) is 12.2. The third-order valence-electron chi connectivity index (χ3n) is 6.20. The predicted molar refractivity (Wildman–Crippen MR) is 145 cm³/mol. The van der Waals surface area contributed by atoms with Crippen molar-refractivity contribution in [3.05, 3.63) is 101 Å². The molecule has 6 heteroatoms. The van der Waals surface area contributed by atoms with E-state index in [2.05, 4.69) is 41.7 Å². The van der Waals surface area contributed by atoms with Crippen LogP contribution in [0.3, 0.4) is 0 Å². The molecule has 0 aliphatic carbocycles. The lowest BCUT2D eigenvalue weighted by atomic mass is 9.92. The van der Waals surface area contributed by atoms with Gasteiger partial charge in [0.05, 0.1) is 11.6 Å². The number of amides is 1. The standard InChI is InChI=1S/C28H28ClN3OS/c1-4-31(5-2)27(33)25-19(3)32(24-17-15-23(29)16-18-24)28(34)30-26(25)22-13-11-21(12-14-22)20-9-7-6-8-10-20/h6-18,26H,4-5H2,1-3H3,(H,30,34)/t26-/m1/s1. The Morgan fingerprint density at radius 3 is 2.12 bits per heavy atom. The minimum absolute atomic E-state index is 0.00796. The van der Waals surface area contributed by atoms with Crippen LogP contribution in [-0.2, 0) is 4.79 Å². The number of nitrogens with zero attached hydrogens (tertiary/aromatic N) is 2. The number of carbonyl (C=O) groups is 1. The molecule has 4 rings (SSSR count). The molecule has 0 bridgehead atoms. The van der Waals surface area contributed by atoms with Crippen LogP contribution in [0.2, 0.25) is 5.02 Å². The molecule has 0 radical (unpaired) electrons. The van der Waals surface area contributed by atoms with Crippen LogP contribution in [0.15, 0.2) is 90.1 Å². The molecule has 3 aromatic carbocycles. The number of carbonyl (C=O) groups excluding carboxylic acids is 1. The van der Waals surface area contributed by atoms with E-state index in [1.807, 2.05) is 73.0 Å². The van der Waals surface area contributed by atoms with Crippen molar-refractivity contribution in [2.45, 2.75) is 26.8 Å². The van der Waals surface area contributed by atoms with Crippen LogP contribution >= 0.6 is 23.8 Å². The molecule has 1 heterocycles. The Morgan fingerprint density at radius 2 is 1.53 bits per heavy atom. The van der Waals surface area contributed by atoms with Crippen molar-refractivity contribution in [2.75, 3.05) is 18.0 Å². The van der Waals surface area contributed by atoms with E-state index >= 15 is 0 Å². The third-order valence-corrected chi connectivity index (χ3v) is 6.75. The Hall–Kier alpha value is -3.15. The summed E-state index contributed by atoms with van der Waals surface area (Å²) in [7, 11) is 0. The highest BCUT2D eigenvalue weighted by Crippen LogP contribution is 2.35. The average Bonchev–Trinajstić information content (AvgIpc) is 2.86. The zero-order chi connectivity index (χ0) is 24.2. The molecule has 0 saturated heterocycles. The van der Waals surface area contributed by atoms with E-state index in [0.29, 0.717) is 28.8 Å². The van der Waals surface area contributed by atoms with Crippen molar-refractivity contribution >= 4 is 40.5 Å². The van der Waals surface area contributed by atoms with Crippen molar-refractivity contribution < 1.29 is 4.79 Å². The fourth-order valence-corrected chi connectivity index (χ4v) is 4.84. The highest BCUT2D eigenvalue weighted by Gasteiger charge is 2.36. The number of nitrogens with one attached hydrogen (secondary N) is 1. The molecule has 1 atom stereocenters. The molecule has 0 spiro atoms. The number of halogens is 1. The monoisotopic (exact) mass is 489 g/mol. The molecule has 1 N–H and O–H groups in total. The van der Waals surface area contributed by atoms with Crippen LogP contribution in [0, 0.1) is 0 Å². The second kappa shape index (κ2) is 10.4. The Balaban J connectivity index is 1.79. The van der Waals surface area contributed by atoms with Crippen LogP contribution in [0.25, 0.3) is 11.1 Å². The van der Waals surface area contributed by atoms with Crippen LogP contribution in [0.1, 0.15) is 32.4 Å². The first-order chi connectivity index (χ1) is 16.4. The molecule has 1 aliphatic rings. The minimum Gasteiger partial charge on any atom is -0.351 e. The van der Waals surface area contributed by atoms with E-state index in [1.54, 1.807) is 0 Å². The summed E-state index contributed by atoms with van der Waals surface area (Å²) in [5.41, 5.74) is 5.65. The van der Waals surface area contributed by atoms with Gasteiger partial charge in [0.2, 0.25) is 0 Å². The number of rotatable bonds is 6. The first kappa shape index (κ1) is 24.0. The summed E-state index contributed by atoms with van der Waals surface area (Å²) in [6.45, 7) is 7.23. The van der Waals surface area contributed by atoms with Crippen LogP contribution in [-0.4, -0.2) is 29.0 Å². The number of hydrogen-bond acceptors (Lipinski definition) is 2. The minimum atomic E-state index is -0.339. The molecule has 0 fully saturated rings. The van der Waals surface area contributed by atoms with Gasteiger partial charge in [-0.15, -0.1) is 0 Å². The summed E-state index contributed by atoms with van der Waals surface area (Å²) < 4.78 is 0. The quantitative estimate of drug-likeness (QED) is 0.396. The molecule has 3 aromatic rings. The molecule has 34 heavy (non-hydrogen) atoms. The van der Waals surface area contributed by atoms with Crippen molar-refractivity contribution in [1.82, 2.24) is 10.2 Å². The average molecular weight is 490 g/mol. The summed E-state index contributed by atoms with van der Waals surface area (Å²) in [6, 6.07) is 25.7. The van der Waals surface area contributed by atoms with Crippen molar-refractivity contribution in [1.29, 1.82) is 0 Å². The molecular formula is C28H28ClN3OS. The third kappa shape index (κ3) is 4.72. The van der Waals surface area contributed by atoms with Gasteiger partial charge in [-0.2, -0.15) is 0 Å². The fraction of sp³-hybridized carbons (Fsp3) is 0.214. The normalized spacial score (nSPS) is 15.8. The second-order valence-electron chi connectivity index (χ2n) is 8.16. The second-order valence-corrected chi connectivity index (χ2v) is 8.98. The van der Waals surface area contributed by atoms with Crippen molar-refractivity contribution in [3.63, 3.8) is 0 Å². The number of likely N-dealkylation sites (N-methyl/N-ethyl adjacent to an activating group) is 1. The van der Waals surface area contributed by atoms with Gasteiger partial charge in [-0.25, -0.2) is 0 Å². The molecular weight excluding hydrogens is 462 g/mol. The number of hydrogen-bond donors (Lipinski definition) is 1. The summed E-state index contributed by atoms with van der Waals surface area (Å²) in [5.74, 6) is 0.00796. The van der Waals surface area contributed by atoms with E-state index in [0.717, 1.165) is 28.1 Å². The van der Waals surface area contributed by atoms with Gasteiger partial charge in [0.25, 0.3) is 5.91 Å². The van der Waals surface area contributed by atoms with Gasteiger partial charge in [0.1, 0.15) is 0 Å². The van der Waals surface area contributed by atoms with E-state index in [4.69, 9.17) is 23.8 Å². The van der Waals surface area contributed by atoms with Crippen LogP contribution in [0.5, 0.6) is 0 Å². The number of allylic oxidation sites excluding steroid dienone is 1. The zero-order valence-electron chi connectivity index (χ0n) is 19.6. The fourth-order valence-electron chi connectivity index (χ4n) is 4.35. The molecule has 0 unspecified atom stereocenters. The highest BCUT2D eigenvalue weighted by molar-refractivity contribution is 7.80. The summed E-state index contributed by atoms with van der Waals surface area (Å²) in [5, 5.41) is 4.64. The Morgan fingerprint density at radius 1 is 0.941 bits per heavy atom. The lowest BCUT2D eigenvalue weighted by molar-refractivity contribution is -0.127. The lowest BCUT2D eigenvalue weighted by Gasteiger charge is -2.39. The molecule has 1 aliphatic heterocycles. The summed E-state index contributed by atoms with van der Waals surface area (Å²) in [4.78, 5) is 17.5. The maximum atomic E-state index is 13.7. The van der Waals surface area contributed by atoms with Crippen LogP contribution in [0.4, 0.5) is 5.69 Å². The van der Waals surface area contributed by atoms with Gasteiger partial charge < -0.3 is 10.2 Å². The van der Waals surface area contributed by atoms with Gasteiger partial charge in [0, 0.05) is 29.5 Å².